The smallest absolute Gasteiger partial charge is 0.228 e. The quantitative estimate of drug-likeness (QED) is 0.831. The third kappa shape index (κ3) is 4.39. The highest BCUT2D eigenvalue weighted by atomic mass is 35.5. The number of carbonyl (C=O) groups excluding carboxylic acids is 1. The van der Waals surface area contributed by atoms with Gasteiger partial charge in [-0.05, 0) is 42.8 Å². The van der Waals surface area contributed by atoms with Crippen LogP contribution in [0.25, 0.3) is 0 Å². The van der Waals surface area contributed by atoms with Crippen LogP contribution in [0.4, 0.5) is 11.4 Å². The van der Waals surface area contributed by atoms with Crippen molar-refractivity contribution in [3.8, 4) is 5.75 Å². The second-order valence-corrected chi connectivity index (χ2v) is 4.97. The van der Waals surface area contributed by atoms with Crippen LogP contribution in [0.5, 0.6) is 5.75 Å². The summed E-state index contributed by atoms with van der Waals surface area (Å²) in [7, 11) is 0. The van der Waals surface area contributed by atoms with Crippen molar-refractivity contribution >= 4 is 28.9 Å². The van der Waals surface area contributed by atoms with Gasteiger partial charge in [0.25, 0.3) is 0 Å². The lowest BCUT2D eigenvalue weighted by Gasteiger charge is -2.09. The number of nitrogens with one attached hydrogen (secondary N) is 1. The standard InChI is InChI=1S/C16H17ClN2O2/c1-2-21-13-6-3-11(4-7-13)9-16(20)19-15-10-12(17)5-8-14(15)18/h3-8,10H,2,9,18H2,1H3,(H,19,20). The molecule has 21 heavy (non-hydrogen) atoms. The molecule has 110 valence electrons. The number of benzene rings is 2. The third-order valence-corrected chi connectivity index (χ3v) is 3.12. The number of nitrogen functional groups attached to an aromatic ring is 1. The fourth-order valence-corrected chi connectivity index (χ4v) is 2.06. The van der Waals surface area contributed by atoms with Crippen molar-refractivity contribution in [2.75, 3.05) is 17.7 Å². The van der Waals surface area contributed by atoms with Crippen molar-refractivity contribution in [2.24, 2.45) is 0 Å². The van der Waals surface area contributed by atoms with Crippen molar-refractivity contribution in [3.05, 3.63) is 53.1 Å². The van der Waals surface area contributed by atoms with Gasteiger partial charge in [0, 0.05) is 5.02 Å². The van der Waals surface area contributed by atoms with E-state index in [-0.39, 0.29) is 12.3 Å². The summed E-state index contributed by atoms with van der Waals surface area (Å²) in [5.74, 6) is 0.647. The van der Waals surface area contributed by atoms with Gasteiger partial charge in [-0.15, -0.1) is 0 Å². The largest absolute Gasteiger partial charge is 0.494 e. The van der Waals surface area contributed by atoms with E-state index in [2.05, 4.69) is 5.32 Å². The van der Waals surface area contributed by atoms with E-state index in [9.17, 15) is 4.79 Å². The highest BCUT2D eigenvalue weighted by Gasteiger charge is 2.07. The Kier molecular flexibility index (Phi) is 5.06. The first kappa shape index (κ1) is 15.2. The molecule has 0 aliphatic heterocycles. The first-order valence-electron chi connectivity index (χ1n) is 6.65. The highest BCUT2D eigenvalue weighted by Crippen LogP contribution is 2.23. The van der Waals surface area contributed by atoms with Crippen LogP contribution < -0.4 is 15.8 Å². The molecule has 5 heteroatoms. The van der Waals surface area contributed by atoms with Crippen LogP contribution in [0.15, 0.2) is 42.5 Å². The van der Waals surface area contributed by atoms with E-state index in [0.29, 0.717) is 23.0 Å². The van der Waals surface area contributed by atoms with Crippen molar-refractivity contribution in [2.45, 2.75) is 13.3 Å². The van der Waals surface area contributed by atoms with Gasteiger partial charge in [-0.2, -0.15) is 0 Å². The number of anilines is 2. The summed E-state index contributed by atoms with van der Waals surface area (Å²) in [6.07, 6.45) is 0.262. The zero-order valence-corrected chi connectivity index (χ0v) is 12.5. The van der Waals surface area contributed by atoms with Crippen molar-refractivity contribution < 1.29 is 9.53 Å². The van der Waals surface area contributed by atoms with Crippen LogP contribution in [0.3, 0.4) is 0 Å². The number of ether oxygens (including phenoxy) is 1. The maximum absolute atomic E-state index is 12.0. The molecule has 2 rings (SSSR count). The second-order valence-electron chi connectivity index (χ2n) is 4.53. The predicted octanol–water partition coefficient (Wildman–Crippen LogP) is 3.50. The lowest BCUT2D eigenvalue weighted by atomic mass is 10.1. The number of carbonyl (C=O) groups is 1. The molecule has 0 aliphatic carbocycles. The lowest BCUT2D eigenvalue weighted by Crippen LogP contribution is -2.15. The number of amides is 1. The van der Waals surface area contributed by atoms with E-state index in [1.54, 1.807) is 18.2 Å². The Labute approximate surface area is 128 Å². The predicted molar refractivity (Wildman–Crippen MR) is 85.8 cm³/mol. The summed E-state index contributed by atoms with van der Waals surface area (Å²) in [6, 6.07) is 12.4. The van der Waals surface area contributed by atoms with Crippen molar-refractivity contribution in [3.63, 3.8) is 0 Å². The molecule has 0 saturated heterocycles. The Hall–Kier alpha value is -2.20. The van der Waals surface area contributed by atoms with E-state index in [0.717, 1.165) is 11.3 Å². The molecule has 0 aliphatic rings. The number of rotatable bonds is 5. The molecule has 2 aromatic rings. The molecular weight excluding hydrogens is 288 g/mol. The molecule has 0 aromatic heterocycles. The Morgan fingerprint density at radius 1 is 1.24 bits per heavy atom. The van der Waals surface area contributed by atoms with E-state index < -0.39 is 0 Å². The van der Waals surface area contributed by atoms with Gasteiger partial charge in [0.15, 0.2) is 0 Å². The second kappa shape index (κ2) is 6.99. The Bertz CT molecular complexity index is 627. The third-order valence-electron chi connectivity index (χ3n) is 2.89. The number of hydrogen-bond acceptors (Lipinski definition) is 3. The van der Waals surface area contributed by atoms with Crippen LogP contribution >= 0.6 is 11.6 Å². The zero-order valence-electron chi connectivity index (χ0n) is 11.7. The fraction of sp³-hybridized carbons (Fsp3) is 0.188. The van der Waals surface area contributed by atoms with E-state index in [1.807, 2.05) is 31.2 Å². The zero-order chi connectivity index (χ0) is 15.2. The van der Waals surface area contributed by atoms with Gasteiger partial charge in [0.05, 0.1) is 24.4 Å². The minimum atomic E-state index is -0.145. The molecular formula is C16H17ClN2O2. The Balaban J connectivity index is 1.99. The topological polar surface area (TPSA) is 64.3 Å². The molecule has 0 heterocycles. The van der Waals surface area contributed by atoms with Crippen LogP contribution in [0.1, 0.15) is 12.5 Å². The molecule has 4 nitrogen and oxygen atoms in total. The van der Waals surface area contributed by atoms with Gasteiger partial charge < -0.3 is 15.8 Å². The number of nitrogens with two attached hydrogens (primary N) is 1. The molecule has 0 radical (unpaired) electrons. The molecule has 0 spiro atoms. The lowest BCUT2D eigenvalue weighted by molar-refractivity contribution is -0.115. The van der Waals surface area contributed by atoms with Gasteiger partial charge in [-0.1, -0.05) is 23.7 Å². The fourth-order valence-electron chi connectivity index (χ4n) is 1.89. The summed E-state index contributed by atoms with van der Waals surface area (Å²) in [6.45, 7) is 2.55. The van der Waals surface area contributed by atoms with Gasteiger partial charge in [-0.3, -0.25) is 4.79 Å². The van der Waals surface area contributed by atoms with Gasteiger partial charge in [-0.25, -0.2) is 0 Å². The summed E-state index contributed by atoms with van der Waals surface area (Å²) in [5, 5.41) is 3.29. The number of halogens is 1. The van der Waals surface area contributed by atoms with E-state index in [1.165, 1.54) is 0 Å². The minimum Gasteiger partial charge on any atom is -0.494 e. The Morgan fingerprint density at radius 2 is 1.95 bits per heavy atom. The Morgan fingerprint density at radius 3 is 2.62 bits per heavy atom. The first-order chi connectivity index (χ1) is 10.1. The monoisotopic (exact) mass is 304 g/mol. The molecule has 3 N–H and O–H groups in total. The van der Waals surface area contributed by atoms with Crippen molar-refractivity contribution in [1.29, 1.82) is 0 Å². The van der Waals surface area contributed by atoms with Crippen LogP contribution in [0.2, 0.25) is 5.02 Å². The molecule has 0 saturated carbocycles. The van der Waals surface area contributed by atoms with Crippen LogP contribution in [0, 0.1) is 0 Å². The summed E-state index contributed by atoms with van der Waals surface area (Å²) >= 11 is 5.89. The molecule has 2 aromatic carbocycles. The summed E-state index contributed by atoms with van der Waals surface area (Å²) in [4.78, 5) is 12.0. The molecule has 0 atom stereocenters. The van der Waals surface area contributed by atoms with Gasteiger partial charge in [0.1, 0.15) is 5.75 Å². The SMILES string of the molecule is CCOc1ccc(CC(=O)Nc2cc(Cl)ccc2N)cc1. The van der Waals surface area contributed by atoms with Crippen LogP contribution in [-0.4, -0.2) is 12.5 Å². The summed E-state index contributed by atoms with van der Waals surface area (Å²) < 4.78 is 5.36. The normalized spacial score (nSPS) is 10.2. The average molecular weight is 305 g/mol. The van der Waals surface area contributed by atoms with Gasteiger partial charge in [0.2, 0.25) is 5.91 Å². The average Bonchev–Trinajstić information content (AvgIpc) is 2.45. The number of hydrogen-bond donors (Lipinski definition) is 2. The maximum atomic E-state index is 12.0. The molecule has 0 fully saturated rings. The van der Waals surface area contributed by atoms with Crippen molar-refractivity contribution in [1.82, 2.24) is 0 Å². The molecule has 1 amide bonds. The van der Waals surface area contributed by atoms with E-state index in [4.69, 9.17) is 22.1 Å². The summed E-state index contributed by atoms with van der Waals surface area (Å²) in [5.41, 5.74) is 7.71. The molecule has 0 bridgehead atoms. The highest BCUT2D eigenvalue weighted by molar-refractivity contribution is 6.31. The van der Waals surface area contributed by atoms with Gasteiger partial charge >= 0.3 is 0 Å². The first-order valence-corrected chi connectivity index (χ1v) is 7.03. The molecule has 0 unspecified atom stereocenters. The maximum Gasteiger partial charge on any atom is 0.228 e. The minimum absolute atomic E-state index is 0.145. The van der Waals surface area contributed by atoms with Crippen LogP contribution in [-0.2, 0) is 11.2 Å². The van der Waals surface area contributed by atoms with E-state index >= 15 is 0 Å².